The van der Waals surface area contributed by atoms with E-state index < -0.39 is 5.54 Å². The SMILES string of the molecule is COc1ccc2cc(C(=O)N3CCC[C@]4(CCC(=O)N4)[C@H]3c3ccc(F)cc3)[nH]c2c1. The van der Waals surface area contributed by atoms with Gasteiger partial charge in [-0.25, -0.2) is 4.39 Å². The Morgan fingerprint density at radius 2 is 1.97 bits per heavy atom. The van der Waals surface area contributed by atoms with Crippen molar-refractivity contribution in [2.75, 3.05) is 13.7 Å². The molecule has 2 saturated heterocycles. The summed E-state index contributed by atoms with van der Waals surface area (Å²) in [6.45, 7) is 0.567. The van der Waals surface area contributed by atoms with Crippen molar-refractivity contribution in [1.82, 2.24) is 15.2 Å². The van der Waals surface area contributed by atoms with Gasteiger partial charge in [0.2, 0.25) is 5.91 Å². The van der Waals surface area contributed by atoms with Gasteiger partial charge in [-0.15, -0.1) is 0 Å². The first-order valence-electron chi connectivity index (χ1n) is 10.5. The smallest absolute Gasteiger partial charge is 0.270 e. The number of piperidine rings is 1. The van der Waals surface area contributed by atoms with Gasteiger partial charge in [-0.05, 0) is 55.2 Å². The van der Waals surface area contributed by atoms with Gasteiger partial charge in [-0.3, -0.25) is 9.59 Å². The van der Waals surface area contributed by atoms with Gasteiger partial charge in [0.1, 0.15) is 17.3 Å². The Morgan fingerprint density at radius 1 is 1.16 bits per heavy atom. The fourth-order valence-corrected chi connectivity index (χ4v) is 5.13. The summed E-state index contributed by atoms with van der Waals surface area (Å²) in [5, 5.41) is 4.08. The maximum Gasteiger partial charge on any atom is 0.270 e. The molecule has 1 spiro atoms. The van der Waals surface area contributed by atoms with Gasteiger partial charge in [0.15, 0.2) is 0 Å². The molecular weight excluding hydrogens is 397 g/mol. The number of nitrogens with zero attached hydrogens (tertiary/aromatic N) is 1. The first-order valence-corrected chi connectivity index (χ1v) is 10.5. The second-order valence-electron chi connectivity index (χ2n) is 8.40. The van der Waals surface area contributed by atoms with Crippen LogP contribution in [0, 0.1) is 5.82 Å². The lowest BCUT2D eigenvalue weighted by Crippen LogP contribution is -2.58. The number of nitrogens with one attached hydrogen (secondary N) is 2. The molecule has 6 nitrogen and oxygen atoms in total. The second kappa shape index (κ2) is 7.41. The number of aromatic amines is 1. The molecule has 7 heteroatoms. The molecule has 2 atom stereocenters. The van der Waals surface area contributed by atoms with Gasteiger partial charge in [-0.1, -0.05) is 12.1 Å². The number of methoxy groups -OCH3 is 1. The van der Waals surface area contributed by atoms with Crippen LogP contribution in [0.2, 0.25) is 0 Å². The highest BCUT2D eigenvalue weighted by Gasteiger charge is 2.50. The van der Waals surface area contributed by atoms with E-state index in [4.69, 9.17) is 4.74 Å². The summed E-state index contributed by atoms with van der Waals surface area (Å²) in [4.78, 5) is 30.9. The minimum absolute atomic E-state index is 0.000817. The predicted octanol–water partition coefficient (Wildman–Crippen LogP) is 3.94. The summed E-state index contributed by atoms with van der Waals surface area (Å²) in [6, 6.07) is 13.4. The van der Waals surface area contributed by atoms with Crippen LogP contribution in [-0.2, 0) is 4.79 Å². The molecule has 2 amide bonds. The van der Waals surface area contributed by atoms with E-state index in [0.29, 0.717) is 30.8 Å². The number of fused-ring (bicyclic) bond motifs is 1. The van der Waals surface area contributed by atoms with Crippen molar-refractivity contribution in [2.45, 2.75) is 37.3 Å². The molecule has 1 aromatic heterocycles. The number of ether oxygens (including phenoxy) is 1. The summed E-state index contributed by atoms with van der Waals surface area (Å²) in [7, 11) is 1.60. The van der Waals surface area contributed by atoms with E-state index in [0.717, 1.165) is 29.3 Å². The van der Waals surface area contributed by atoms with Crippen molar-refractivity contribution in [3.05, 3.63) is 65.6 Å². The molecule has 5 rings (SSSR count). The minimum atomic E-state index is -0.530. The van der Waals surface area contributed by atoms with Crippen molar-refractivity contribution < 1.29 is 18.7 Å². The molecule has 0 radical (unpaired) electrons. The Bertz CT molecular complexity index is 1160. The van der Waals surface area contributed by atoms with Gasteiger partial charge in [0.05, 0.1) is 18.7 Å². The van der Waals surface area contributed by atoms with E-state index in [-0.39, 0.29) is 23.7 Å². The number of rotatable bonds is 3. The number of carbonyl (C=O) groups excluding carboxylic acids is 2. The normalized spacial score (nSPS) is 23.4. The van der Waals surface area contributed by atoms with Crippen LogP contribution in [0.1, 0.15) is 47.8 Å². The molecule has 2 aliphatic heterocycles. The quantitative estimate of drug-likeness (QED) is 0.673. The predicted molar refractivity (Wildman–Crippen MR) is 114 cm³/mol. The number of halogens is 1. The van der Waals surface area contributed by atoms with Crippen molar-refractivity contribution in [1.29, 1.82) is 0 Å². The molecule has 3 heterocycles. The lowest BCUT2D eigenvalue weighted by molar-refractivity contribution is -0.120. The molecule has 0 unspecified atom stereocenters. The van der Waals surface area contributed by atoms with Crippen LogP contribution in [0.3, 0.4) is 0 Å². The molecule has 160 valence electrons. The topological polar surface area (TPSA) is 74.4 Å². The first kappa shape index (κ1) is 19.6. The van der Waals surface area contributed by atoms with Crippen LogP contribution >= 0.6 is 0 Å². The van der Waals surface area contributed by atoms with Crippen molar-refractivity contribution in [3.63, 3.8) is 0 Å². The van der Waals surface area contributed by atoms with Crippen molar-refractivity contribution >= 4 is 22.7 Å². The monoisotopic (exact) mass is 421 g/mol. The molecule has 2 fully saturated rings. The fraction of sp³-hybridized carbons (Fsp3) is 0.333. The highest BCUT2D eigenvalue weighted by atomic mass is 19.1. The number of H-pyrrole nitrogens is 1. The summed E-state index contributed by atoms with van der Waals surface area (Å²) in [5.41, 5.74) is 1.60. The Morgan fingerprint density at radius 3 is 2.68 bits per heavy atom. The van der Waals surface area contributed by atoms with E-state index >= 15 is 0 Å². The zero-order valence-corrected chi connectivity index (χ0v) is 17.3. The summed E-state index contributed by atoms with van der Waals surface area (Å²) < 4.78 is 18.9. The number of hydrogen-bond donors (Lipinski definition) is 2. The van der Waals surface area contributed by atoms with Crippen LogP contribution in [0.5, 0.6) is 5.75 Å². The van der Waals surface area contributed by atoms with Gasteiger partial charge >= 0.3 is 0 Å². The third kappa shape index (κ3) is 3.34. The molecule has 0 bridgehead atoms. The number of hydrogen-bond acceptors (Lipinski definition) is 3. The zero-order valence-electron chi connectivity index (χ0n) is 17.3. The summed E-state index contributed by atoms with van der Waals surface area (Å²) in [5.74, 6) is 0.249. The Labute approximate surface area is 179 Å². The molecular formula is C24H24FN3O3. The third-order valence-corrected chi connectivity index (χ3v) is 6.55. The van der Waals surface area contributed by atoms with Crippen LogP contribution in [0.15, 0.2) is 48.5 Å². The highest BCUT2D eigenvalue weighted by Crippen LogP contribution is 2.45. The summed E-state index contributed by atoms with van der Waals surface area (Å²) >= 11 is 0. The average molecular weight is 421 g/mol. The number of aromatic nitrogens is 1. The van der Waals surface area contributed by atoms with E-state index in [1.807, 2.05) is 29.2 Å². The van der Waals surface area contributed by atoms with Crippen LogP contribution in [0.4, 0.5) is 4.39 Å². The fourth-order valence-electron chi connectivity index (χ4n) is 5.13. The molecule has 2 N–H and O–H groups in total. The van der Waals surface area contributed by atoms with Crippen LogP contribution < -0.4 is 10.1 Å². The molecule has 3 aromatic rings. The van der Waals surface area contributed by atoms with E-state index in [1.54, 1.807) is 19.2 Å². The standard InChI is InChI=1S/C24H24FN3O3/c1-31-18-8-5-16-13-20(26-19(16)14-18)23(30)28-12-2-10-24(11-9-21(29)27-24)22(28)15-3-6-17(25)7-4-15/h3-8,13-14,22,26H,2,9-12H2,1H3,(H,27,29)/t22-,24+/m1/s1. The number of likely N-dealkylation sites (tertiary alicyclic amines) is 1. The van der Waals surface area contributed by atoms with E-state index in [9.17, 15) is 14.0 Å². The molecule has 2 aliphatic rings. The maximum atomic E-state index is 13.7. The number of benzene rings is 2. The zero-order chi connectivity index (χ0) is 21.6. The first-order chi connectivity index (χ1) is 15.0. The number of carbonyl (C=O) groups is 2. The summed E-state index contributed by atoms with van der Waals surface area (Å²) in [6.07, 6.45) is 2.67. The lowest BCUT2D eigenvalue weighted by atomic mass is 9.76. The van der Waals surface area contributed by atoms with Crippen molar-refractivity contribution in [3.8, 4) is 5.75 Å². The van der Waals surface area contributed by atoms with Crippen molar-refractivity contribution in [2.24, 2.45) is 0 Å². The van der Waals surface area contributed by atoms with Gasteiger partial charge in [0, 0.05) is 29.9 Å². The molecule has 2 aromatic carbocycles. The second-order valence-corrected chi connectivity index (χ2v) is 8.40. The van der Waals surface area contributed by atoms with E-state index in [2.05, 4.69) is 10.3 Å². The Kier molecular flexibility index (Phi) is 4.68. The van der Waals surface area contributed by atoms with Crippen LogP contribution in [-0.4, -0.2) is 40.9 Å². The number of amides is 2. The molecule has 0 saturated carbocycles. The Hall–Kier alpha value is -3.35. The molecule has 0 aliphatic carbocycles. The van der Waals surface area contributed by atoms with E-state index in [1.165, 1.54) is 12.1 Å². The third-order valence-electron chi connectivity index (χ3n) is 6.55. The maximum absolute atomic E-state index is 13.7. The largest absolute Gasteiger partial charge is 0.497 e. The van der Waals surface area contributed by atoms with Gasteiger partial charge in [-0.2, -0.15) is 0 Å². The van der Waals surface area contributed by atoms with Crippen LogP contribution in [0.25, 0.3) is 10.9 Å². The molecule has 31 heavy (non-hydrogen) atoms. The minimum Gasteiger partial charge on any atom is -0.497 e. The average Bonchev–Trinajstić information content (AvgIpc) is 3.37. The Balaban J connectivity index is 1.56. The lowest BCUT2D eigenvalue weighted by Gasteiger charge is -2.48. The highest BCUT2D eigenvalue weighted by molar-refractivity contribution is 5.98. The van der Waals surface area contributed by atoms with Gasteiger partial charge < -0.3 is 19.9 Å². The van der Waals surface area contributed by atoms with Gasteiger partial charge in [0.25, 0.3) is 5.91 Å².